The number of anilines is 2. The van der Waals surface area contributed by atoms with E-state index in [0.29, 0.717) is 30.8 Å². The molecule has 1 saturated heterocycles. The zero-order valence-electron chi connectivity index (χ0n) is 18.5. The molecule has 1 aromatic carbocycles. The highest BCUT2D eigenvalue weighted by Crippen LogP contribution is 2.25. The average Bonchev–Trinajstić information content (AvgIpc) is 3.40. The summed E-state index contributed by atoms with van der Waals surface area (Å²) in [6.45, 7) is 3.08. The van der Waals surface area contributed by atoms with Crippen molar-refractivity contribution in [2.45, 2.75) is 19.4 Å². The number of amides is 2. The number of hydrogen-bond donors (Lipinski definition) is 2. The van der Waals surface area contributed by atoms with E-state index in [0.717, 1.165) is 0 Å². The van der Waals surface area contributed by atoms with E-state index in [1.54, 1.807) is 26.2 Å². The Bertz CT molecular complexity index is 1200. The topological polar surface area (TPSA) is 124 Å². The van der Waals surface area contributed by atoms with Crippen LogP contribution in [0.1, 0.15) is 23.7 Å². The second kappa shape index (κ2) is 9.27. The van der Waals surface area contributed by atoms with Gasteiger partial charge < -0.3 is 25.0 Å². The molecule has 2 amide bonds. The third kappa shape index (κ3) is 4.78. The van der Waals surface area contributed by atoms with Crippen LogP contribution in [0.3, 0.4) is 0 Å². The minimum absolute atomic E-state index is 0.110. The molecular formula is C21H24FN7O4. The van der Waals surface area contributed by atoms with Crippen LogP contribution in [0, 0.1) is 5.82 Å². The van der Waals surface area contributed by atoms with Crippen LogP contribution in [0.5, 0.6) is 5.88 Å². The number of alkyl carbamates (subject to hydrolysis) is 1. The van der Waals surface area contributed by atoms with E-state index in [4.69, 9.17) is 9.47 Å². The Morgan fingerprint density at radius 2 is 2.15 bits per heavy atom. The Morgan fingerprint density at radius 1 is 1.33 bits per heavy atom. The van der Waals surface area contributed by atoms with E-state index in [1.165, 1.54) is 24.0 Å². The number of aryl methyl sites for hydroxylation is 1. The molecule has 0 bridgehead atoms. The van der Waals surface area contributed by atoms with Crippen LogP contribution >= 0.6 is 0 Å². The average molecular weight is 457 g/mol. The molecule has 12 heteroatoms. The van der Waals surface area contributed by atoms with E-state index < -0.39 is 17.8 Å². The number of halogens is 1. The third-order valence-electron chi connectivity index (χ3n) is 5.11. The number of rotatable bonds is 6. The summed E-state index contributed by atoms with van der Waals surface area (Å²) in [6.07, 6.45) is 2.88. The number of fused-ring (bicyclic) bond motifs is 1. The molecule has 0 spiro atoms. The second-order valence-electron chi connectivity index (χ2n) is 7.49. The summed E-state index contributed by atoms with van der Waals surface area (Å²) in [7, 11) is 3.19. The number of hydrogen-bond acceptors (Lipinski definition) is 8. The van der Waals surface area contributed by atoms with Crippen LogP contribution in [0.15, 0.2) is 24.5 Å². The molecule has 2 aromatic heterocycles. The summed E-state index contributed by atoms with van der Waals surface area (Å²) in [5, 5.41) is 9.71. The predicted molar refractivity (Wildman–Crippen MR) is 118 cm³/mol. The number of nitrogens with one attached hydrogen (secondary N) is 2. The van der Waals surface area contributed by atoms with Crippen LogP contribution < -0.4 is 20.3 Å². The van der Waals surface area contributed by atoms with Gasteiger partial charge in [0.1, 0.15) is 17.2 Å². The van der Waals surface area contributed by atoms with Crippen molar-refractivity contribution in [1.29, 1.82) is 0 Å². The van der Waals surface area contributed by atoms with Crippen LogP contribution in [0.25, 0.3) is 10.9 Å². The number of benzene rings is 1. The van der Waals surface area contributed by atoms with Crippen molar-refractivity contribution in [3.63, 3.8) is 0 Å². The fourth-order valence-electron chi connectivity index (χ4n) is 3.61. The van der Waals surface area contributed by atoms with E-state index in [-0.39, 0.29) is 35.4 Å². The maximum absolute atomic E-state index is 14.4. The number of nitrogens with zero attached hydrogens (tertiary/aromatic N) is 5. The minimum atomic E-state index is -0.539. The van der Waals surface area contributed by atoms with Gasteiger partial charge in [-0.05, 0) is 19.1 Å². The van der Waals surface area contributed by atoms with E-state index in [2.05, 4.69) is 25.7 Å². The van der Waals surface area contributed by atoms with Crippen LogP contribution in [-0.4, -0.2) is 64.6 Å². The Hall–Kier alpha value is -3.96. The molecule has 4 rings (SSSR count). The van der Waals surface area contributed by atoms with Crippen molar-refractivity contribution in [2.75, 3.05) is 37.0 Å². The van der Waals surface area contributed by atoms with Crippen molar-refractivity contribution < 1.29 is 23.5 Å². The minimum Gasteiger partial charge on any atom is -0.477 e. The lowest BCUT2D eigenvalue weighted by Crippen LogP contribution is -2.29. The van der Waals surface area contributed by atoms with Crippen molar-refractivity contribution in [3.8, 4) is 5.88 Å². The molecule has 33 heavy (non-hydrogen) atoms. The molecule has 1 atom stereocenters. The van der Waals surface area contributed by atoms with Gasteiger partial charge in [-0.25, -0.2) is 14.2 Å². The summed E-state index contributed by atoms with van der Waals surface area (Å²) in [4.78, 5) is 34.9. The third-order valence-corrected chi connectivity index (χ3v) is 5.11. The summed E-state index contributed by atoms with van der Waals surface area (Å²) in [5.41, 5.74) is 0.616. The lowest BCUT2D eigenvalue weighted by molar-refractivity contribution is 0.102. The molecule has 1 aliphatic heterocycles. The second-order valence-corrected chi connectivity index (χ2v) is 7.49. The summed E-state index contributed by atoms with van der Waals surface area (Å²) in [6, 6.07) is 2.84. The number of carbonyl (C=O) groups excluding carboxylic acids is 2. The zero-order chi connectivity index (χ0) is 23.5. The van der Waals surface area contributed by atoms with Gasteiger partial charge in [-0.3, -0.25) is 9.48 Å². The first kappa shape index (κ1) is 22.2. The molecule has 0 saturated carbocycles. The number of aromatic nitrogens is 4. The molecule has 0 aliphatic carbocycles. The Morgan fingerprint density at radius 3 is 2.91 bits per heavy atom. The number of carbonyl (C=O) groups is 2. The SMILES string of the molecule is CCOc1nc(N2CCC(OC(=O)NC)C2)ncc1C(=O)Nc1cc(F)c2nn(C)cc2c1. The van der Waals surface area contributed by atoms with Gasteiger partial charge in [0.15, 0.2) is 5.82 Å². The van der Waals surface area contributed by atoms with E-state index in [9.17, 15) is 14.0 Å². The molecule has 1 aliphatic rings. The van der Waals surface area contributed by atoms with Gasteiger partial charge in [0.2, 0.25) is 11.8 Å². The highest BCUT2D eigenvalue weighted by molar-refractivity contribution is 6.06. The highest BCUT2D eigenvalue weighted by Gasteiger charge is 2.28. The normalized spacial score (nSPS) is 15.5. The van der Waals surface area contributed by atoms with Crippen molar-refractivity contribution in [2.24, 2.45) is 7.05 Å². The van der Waals surface area contributed by atoms with Crippen molar-refractivity contribution >= 4 is 34.5 Å². The smallest absolute Gasteiger partial charge is 0.407 e. The monoisotopic (exact) mass is 457 g/mol. The maximum Gasteiger partial charge on any atom is 0.407 e. The standard InChI is InChI=1S/C21H24FN7O4/c1-4-32-19-15(9-24-20(26-19)29-6-5-14(11-29)33-21(31)23-2)18(30)25-13-7-12-10-28(3)27-17(12)16(22)8-13/h7-10,14H,4-6,11H2,1-3H3,(H,23,31)(H,25,30). The summed E-state index contributed by atoms with van der Waals surface area (Å²) in [5.74, 6) is -0.600. The highest BCUT2D eigenvalue weighted by atomic mass is 19.1. The van der Waals surface area contributed by atoms with E-state index >= 15 is 0 Å². The van der Waals surface area contributed by atoms with Gasteiger partial charge in [-0.2, -0.15) is 10.1 Å². The lowest BCUT2D eigenvalue weighted by atomic mass is 10.2. The molecule has 3 heterocycles. The van der Waals surface area contributed by atoms with Crippen LogP contribution in [-0.2, 0) is 11.8 Å². The predicted octanol–water partition coefficient (Wildman–Crippen LogP) is 2.09. The van der Waals surface area contributed by atoms with Crippen molar-refractivity contribution in [3.05, 3.63) is 35.9 Å². The molecule has 0 radical (unpaired) electrons. The molecule has 1 unspecified atom stereocenters. The van der Waals surface area contributed by atoms with Crippen molar-refractivity contribution in [1.82, 2.24) is 25.1 Å². The Labute approximate surface area is 188 Å². The first-order valence-electron chi connectivity index (χ1n) is 10.4. The first-order valence-corrected chi connectivity index (χ1v) is 10.4. The van der Waals surface area contributed by atoms with Gasteiger partial charge in [-0.15, -0.1) is 0 Å². The zero-order valence-corrected chi connectivity index (χ0v) is 18.5. The first-order chi connectivity index (χ1) is 15.9. The molecule has 2 N–H and O–H groups in total. The fourth-order valence-corrected chi connectivity index (χ4v) is 3.61. The maximum atomic E-state index is 14.4. The lowest BCUT2D eigenvalue weighted by Gasteiger charge is -2.18. The fraction of sp³-hybridized carbons (Fsp3) is 0.381. The van der Waals surface area contributed by atoms with Crippen LogP contribution in [0.2, 0.25) is 0 Å². The largest absolute Gasteiger partial charge is 0.477 e. The molecule has 3 aromatic rings. The Kier molecular flexibility index (Phi) is 6.24. The van der Waals surface area contributed by atoms with Gasteiger partial charge in [-0.1, -0.05) is 0 Å². The van der Waals surface area contributed by atoms with Gasteiger partial charge in [0.05, 0.1) is 13.2 Å². The molecule has 174 valence electrons. The molecule has 11 nitrogen and oxygen atoms in total. The number of ether oxygens (including phenoxy) is 2. The molecule has 1 fully saturated rings. The Balaban J connectivity index is 1.53. The summed E-state index contributed by atoms with van der Waals surface area (Å²) >= 11 is 0. The van der Waals surface area contributed by atoms with E-state index in [1.807, 2.05) is 4.90 Å². The van der Waals surface area contributed by atoms with Gasteiger partial charge >= 0.3 is 6.09 Å². The van der Waals surface area contributed by atoms with Gasteiger partial charge in [0, 0.05) is 50.5 Å². The van der Waals surface area contributed by atoms with Crippen LogP contribution in [0.4, 0.5) is 20.8 Å². The molecular weight excluding hydrogens is 433 g/mol. The summed E-state index contributed by atoms with van der Waals surface area (Å²) < 4.78 is 26.7. The van der Waals surface area contributed by atoms with Gasteiger partial charge in [0.25, 0.3) is 5.91 Å². The quantitative estimate of drug-likeness (QED) is 0.577.